The van der Waals surface area contributed by atoms with Gasteiger partial charge in [-0.2, -0.15) is 0 Å². The minimum atomic E-state index is -0.682. The minimum Gasteiger partial charge on any atom is -0.463 e. The van der Waals surface area contributed by atoms with Crippen molar-refractivity contribution in [2.75, 3.05) is 26.4 Å². The van der Waals surface area contributed by atoms with Crippen molar-refractivity contribution in [3.8, 4) is 0 Å². The number of ether oxygens (including phenoxy) is 2. The third-order valence-corrected chi connectivity index (χ3v) is 2.49. The molecule has 5 nitrogen and oxygen atoms in total. The van der Waals surface area contributed by atoms with Crippen molar-refractivity contribution < 1.29 is 19.1 Å². The second-order valence-electron chi connectivity index (χ2n) is 5.70. The van der Waals surface area contributed by atoms with E-state index in [9.17, 15) is 9.59 Å². The smallest absolute Gasteiger partial charge is 0.311 e. The van der Waals surface area contributed by atoms with E-state index in [1.165, 1.54) is 0 Å². The number of carbonyl (C=O) groups excluding carboxylic acids is 2. The second-order valence-corrected chi connectivity index (χ2v) is 5.70. The molecule has 0 saturated heterocycles. The normalized spacial score (nSPS) is 12.3. The van der Waals surface area contributed by atoms with E-state index in [1.54, 1.807) is 27.7 Å². The summed E-state index contributed by atoms with van der Waals surface area (Å²) in [6.45, 7) is 8.63. The van der Waals surface area contributed by atoms with E-state index in [1.807, 2.05) is 0 Å². The first kappa shape index (κ1) is 17.1. The van der Waals surface area contributed by atoms with Gasteiger partial charge in [0.2, 0.25) is 0 Å². The first-order valence-electron chi connectivity index (χ1n) is 6.16. The Labute approximate surface area is 109 Å². The lowest BCUT2D eigenvalue weighted by Gasteiger charge is -2.29. The fourth-order valence-electron chi connectivity index (χ4n) is 1.83. The largest absolute Gasteiger partial charge is 0.463 e. The Bertz CT molecular complexity index is 274. The van der Waals surface area contributed by atoms with Gasteiger partial charge < -0.3 is 20.0 Å². The third-order valence-electron chi connectivity index (χ3n) is 2.49. The fourth-order valence-corrected chi connectivity index (χ4v) is 1.83. The van der Waals surface area contributed by atoms with Gasteiger partial charge in [0, 0.05) is 12.0 Å². The van der Waals surface area contributed by atoms with Gasteiger partial charge in [-0.15, -0.1) is 0 Å². The van der Waals surface area contributed by atoms with E-state index in [0.717, 1.165) is 6.29 Å². The molecule has 0 aliphatic carbocycles. The molecule has 0 bridgehead atoms. The Morgan fingerprint density at radius 3 is 2.28 bits per heavy atom. The second kappa shape index (κ2) is 7.48. The van der Waals surface area contributed by atoms with E-state index in [4.69, 9.17) is 15.2 Å². The lowest BCUT2D eigenvalue weighted by Crippen LogP contribution is -2.33. The van der Waals surface area contributed by atoms with Crippen LogP contribution >= 0.6 is 0 Å². The van der Waals surface area contributed by atoms with E-state index < -0.39 is 10.8 Å². The van der Waals surface area contributed by atoms with Crippen LogP contribution in [-0.2, 0) is 19.1 Å². The number of hydrogen-bond donors (Lipinski definition) is 1. The van der Waals surface area contributed by atoms with Gasteiger partial charge in [0.1, 0.15) is 12.9 Å². The molecule has 2 N–H and O–H groups in total. The molecule has 0 heterocycles. The van der Waals surface area contributed by atoms with Crippen molar-refractivity contribution in [1.29, 1.82) is 0 Å². The molecule has 0 saturated carbocycles. The molecule has 106 valence electrons. The Morgan fingerprint density at radius 1 is 1.17 bits per heavy atom. The highest BCUT2D eigenvalue weighted by Gasteiger charge is 2.35. The summed E-state index contributed by atoms with van der Waals surface area (Å²) in [5, 5.41) is 0. The van der Waals surface area contributed by atoms with Crippen LogP contribution in [0.15, 0.2) is 0 Å². The lowest BCUT2D eigenvalue weighted by molar-refractivity contribution is -0.157. The van der Waals surface area contributed by atoms with Crippen LogP contribution in [0.3, 0.4) is 0 Å². The summed E-state index contributed by atoms with van der Waals surface area (Å²) in [7, 11) is 0. The molecule has 0 unspecified atom stereocenters. The number of esters is 1. The molecule has 0 radical (unpaired) electrons. The Balaban J connectivity index is 4.10. The van der Waals surface area contributed by atoms with Gasteiger partial charge in [0.05, 0.1) is 18.6 Å². The zero-order valence-electron chi connectivity index (χ0n) is 11.8. The van der Waals surface area contributed by atoms with Crippen LogP contribution in [-0.4, -0.2) is 38.6 Å². The maximum absolute atomic E-state index is 11.9. The van der Waals surface area contributed by atoms with Crippen molar-refractivity contribution in [2.45, 2.75) is 34.1 Å². The van der Waals surface area contributed by atoms with Crippen molar-refractivity contribution in [3.63, 3.8) is 0 Å². The van der Waals surface area contributed by atoms with Crippen LogP contribution in [0.4, 0.5) is 0 Å². The van der Waals surface area contributed by atoms with Crippen LogP contribution in [0.1, 0.15) is 34.1 Å². The lowest BCUT2D eigenvalue weighted by atomic mass is 9.76. The van der Waals surface area contributed by atoms with Crippen LogP contribution in [0.5, 0.6) is 0 Å². The molecule has 0 aromatic heterocycles. The third kappa shape index (κ3) is 6.71. The van der Waals surface area contributed by atoms with Crippen molar-refractivity contribution in [1.82, 2.24) is 0 Å². The molecule has 5 heteroatoms. The molecule has 0 aliphatic rings. The average Bonchev–Trinajstić information content (AvgIpc) is 2.27. The average molecular weight is 259 g/mol. The van der Waals surface area contributed by atoms with Gasteiger partial charge in [-0.3, -0.25) is 4.79 Å². The van der Waals surface area contributed by atoms with Gasteiger partial charge in [-0.1, -0.05) is 13.8 Å². The standard InChI is InChI=1S/C13H25NO4/c1-12(2,10-15)9-13(3,4)11(16)18-8-7-17-6-5-14/h10H,5-9,14H2,1-4H3. The SMILES string of the molecule is CC(C)(C=O)CC(C)(C)C(=O)OCCOCCN. The van der Waals surface area contributed by atoms with Crippen molar-refractivity contribution >= 4 is 12.3 Å². The minimum absolute atomic E-state index is 0.212. The topological polar surface area (TPSA) is 78.6 Å². The molecular weight excluding hydrogens is 234 g/mol. The van der Waals surface area contributed by atoms with E-state index >= 15 is 0 Å². The van der Waals surface area contributed by atoms with E-state index in [2.05, 4.69) is 0 Å². The predicted octanol–water partition coefficient (Wildman–Crippen LogP) is 1.15. The Morgan fingerprint density at radius 2 is 1.78 bits per heavy atom. The number of aldehydes is 1. The van der Waals surface area contributed by atoms with E-state index in [-0.39, 0.29) is 12.6 Å². The predicted molar refractivity (Wildman–Crippen MR) is 69.1 cm³/mol. The van der Waals surface area contributed by atoms with Gasteiger partial charge in [0.25, 0.3) is 0 Å². The molecule has 0 fully saturated rings. The quantitative estimate of drug-likeness (QED) is 0.382. The van der Waals surface area contributed by atoms with Gasteiger partial charge in [-0.05, 0) is 20.3 Å². The number of hydrogen-bond acceptors (Lipinski definition) is 5. The molecule has 0 aromatic carbocycles. The Hall–Kier alpha value is -0.940. The number of carbonyl (C=O) groups is 2. The van der Waals surface area contributed by atoms with Crippen molar-refractivity contribution in [2.24, 2.45) is 16.6 Å². The first-order valence-corrected chi connectivity index (χ1v) is 6.16. The molecule has 0 aromatic rings. The van der Waals surface area contributed by atoms with Crippen LogP contribution in [0.2, 0.25) is 0 Å². The summed E-state index contributed by atoms with van der Waals surface area (Å²) in [5.41, 5.74) is 4.05. The van der Waals surface area contributed by atoms with Crippen LogP contribution in [0, 0.1) is 10.8 Å². The molecule has 0 atom stereocenters. The zero-order valence-corrected chi connectivity index (χ0v) is 11.8. The van der Waals surface area contributed by atoms with Crippen molar-refractivity contribution in [3.05, 3.63) is 0 Å². The highest BCUT2D eigenvalue weighted by Crippen LogP contribution is 2.33. The van der Waals surface area contributed by atoms with E-state index in [0.29, 0.717) is 26.2 Å². The molecule has 0 amide bonds. The summed E-state index contributed by atoms with van der Waals surface area (Å²) in [4.78, 5) is 22.7. The van der Waals surface area contributed by atoms with Gasteiger partial charge in [-0.25, -0.2) is 0 Å². The number of rotatable bonds is 9. The monoisotopic (exact) mass is 259 g/mol. The highest BCUT2D eigenvalue weighted by molar-refractivity contribution is 5.76. The molecule has 0 aliphatic heterocycles. The zero-order chi connectivity index (χ0) is 14.2. The molecular formula is C13H25NO4. The van der Waals surface area contributed by atoms with Gasteiger partial charge in [0.15, 0.2) is 0 Å². The molecule has 18 heavy (non-hydrogen) atoms. The summed E-state index contributed by atoms with van der Waals surface area (Å²) < 4.78 is 10.2. The maximum Gasteiger partial charge on any atom is 0.311 e. The first-order chi connectivity index (χ1) is 8.25. The molecule has 0 rings (SSSR count). The highest BCUT2D eigenvalue weighted by atomic mass is 16.6. The molecule has 0 spiro atoms. The summed E-state index contributed by atoms with van der Waals surface area (Å²) >= 11 is 0. The number of nitrogens with two attached hydrogens (primary N) is 1. The van der Waals surface area contributed by atoms with Crippen LogP contribution in [0.25, 0.3) is 0 Å². The fraction of sp³-hybridized carbons (Fsp3) is 0.846. The summed E-state index contributed by atoms with van der Waals surface area (Å²) in [6, 6.07) is 0. The summed E-state index contributed by atoms with van der Waals surface area (Å²) in [6.07, 6.45) is 1.32. The summed E-state index contributed by atoms with van der Waals surface area (Å²) in [5.74, 6) is -0.311. The van der Waals surface area contributed by atoms with Crippen LogP contribution < -0.4 is 5.73 Å². The maximum atomic E-state index is 11.9. The Kier molecular flexibility index (Phi) is 7.09. The van der Waals surface area contributed by atoms with Gasteiger partial charge >= 0.3 is 5.97 Å².